The van der Waals surface area contributed by atoms with Crippen molar-refractivity contribution < 1.29 is 9.47 Å². The number of fused-ring (bicyclic) bond motifs is 1. The lowest BCUT2D eigenvalue weighted by molar-refractivity contribution is 0.297. The molecule has 1 aliphatic rings. The van der Waals surface area contributed by atoms with Gasteiger partial charge < -0.3 is 9.47 Å². The summed E-state index contributed by atoms with van der Waals surface area (Å²) in [7, 11) is 0. The first-order chi connectivity index (χ1) is 9.74. The molecular weight excluding hydrogens is 431 g/mol. The van der Waals surface area contributed by atoms with Gasteiger partial charge in [0.25, 0.3) is 0 Å². The number of hydrogen-bond acceptors (Lipinski definition) is 2. The van der Waals surface area contributed by atoms with Gasteiger partial charge in [0, 0.05) is 9.99 Å². The zero-order valence-corrected chi connectivity index (χ0v) is 14.6. The average molecular weight is 445 g/mol. The number of rotatable bonds is 2. The standard InChI is InChI=1S/C16H14BrIO2/c17-16(11-2-5-13(18)6-3-11)12-4-7-14-15(10-12)20-9-1-8-19-14/h2-7,10,16H,1,8-9H2. The van der Waals surface area contributed by atoms with Gasteiger partial charge in [-0.05, 0) is 58.0 Å². The zero-order valence-electron chi connectivity index (χ0n) is 10.8. The molecule has 2 aromatic carbocycles. The van der Waals surface area contributed by atoms with E-state index in [9.17, 15) is 0 Å². The molecule has 0 saturated heterocycles. The highest BCUT2D eigenvalue weighted by molar-refractivity contribution is 14.1. The Morgan fingerprint density at radius 3 is 2.30 bits per heavy atom. The molecule has 1 heterocycles. The highest BCUT2D eigenvalue weighted by Gasteiger charge is 2.15. The predicted octanol–water partition coefficient (Wildman–Crippen LogP) is 4.94. The summed E-state index contributed by atoms with van der Waals surface area (Å²) in [5, 5.41) is 0. The van der Waals surface area contributed by atoms with Crippen LogP contribution >= 0.6 is 38.5 Å². The molecule has 2 aromatic rings. The van der Waals surface area contributed by atoms with Crippen LogP contribution < -0.4 is 9.47 Å². The Bertz CT molecular complexity index is 598. The van der Waals surface area contributed by atoms with E-state index in [1.165, 1.54) is 14.7 Å². The molecule has 1 atom stereocenters. The van der Waals surface area contributed by atoms with E-state index in [2.05, 4.69) is 74.9 Å². The summed E-state index contributed by atoms with van der Waals surface area (Å²) in [6.07, 6.45) is 0.929. The van der Waals surface area contributed by atoms with Crippen molar-refractivity contribution in [3.8, 4) is 11.5 Å². The van der Waals surface area contributed by atoms with E-state index < -0.39 is 0 Å². The first kappa shape index (κ1) is 14.2. The van der Waals surface area contributed by atoms with Crippen molar-refractivity contribution in [1.29, 1.82) is 0 Å². The summed E-state index contributed by atoms with van der Waals surface area (Å²) in [5.41, 5.74) is 2.41. The number of hydrogen-bond donors (Lipinski definition) is 0. The van der Waals surface area contributed by atoms with Crippen LogP contribution in [0, 0.1) is 3.57 Å². The molecule has 0 aliphatic carbocycles. The van der Waals surface area contributed by atoms with Gasteiger partial charge in [-0.3, -0.25) is 0 Å². The predicted molar refractivity (Wildman–Crippen MR) is 92.0 cm³/mol. The Hall–Kier alpha value is -0.750. The molecule has 1 unspecified atom stereocenters. The minimum atomic E-state index is 0.164. The van der Waals surface area contributed by atoms with Crippen LogP contribution in [0.5, 0.6) is 11.5 Å². The topological polar surface area (TPSA) is 18.5 Å². The van der Waals surface area contributed by atoms with Crippen LogP contribution in [0.1, 0.15) is 22.4 Å². The van der Waals surface area contributed by atoms with Gasteiger partial charge in [0.15, 0.2) is 11.5 Å². The largest absolute Gasteiger partial charge is 0.490 e. The number of ether oxygens (including phenoxy) is 2. The highest BCUT2D eigenvalue weighted by Crippen LogP contribution is 2.37. The minimum absolute atomic E-state index is 0.164. The van der Waals surface area contributed by atoms with Crippen LogP contribution in [0.25, 0.3) is 0 Å². The van der Waals surface area contributed by atoms with Crippen LogP contribution in [0.4, 0.5) is 0 Å². The fourth-order valence-electron chi connectivity index (χ4n) is 2.16. The maximum Gasteiger partial charge on any atom is 0.161 e. The van der Waals surface area contributed by atoms with Crippen molar-refractivity contribution in [2.24, 2.45) is 0 Å². The highest BCUT2D eigenvalue weighted by atomic mass is 127. The number of benzene rings is 2. The van der Waals surface area contributed by atoms with Gasteiger partial charge >= 0.3 is 0 Å². The lowest BCUT2D eigenvalue weighted by atomic mass is 10.0. The van der Waals surface area contributed by atoms with E-state index in [-0.39, 0.29) is 4.83 Å². The van der Waals surface area contributed by atoms with Crippen molar-refractivity contribution in [3.63, 3.8) is 0 Å². The molecule has 0 amide bonds. The molecule has 0 spiro atoms. The molecule has 20 heavy (non-hydrogen) atoms. The second-order valence-electron chi connectivity index (χ2n) is 4.67. The Morgan fingerprint density at radius 2 is 1.55 bits per heavy atom. The van der Waals surface area contributed by atoms with Crippen LogP contribution in [0.3, 0.4) is 0 Å². The van der Waals surface area contributed by atoms with Gasteiger partial charge in [-0.2, -0.15) is 0 Å². The van der Waals surface area contributed by atoms with Gasteiger partial charge in [-0.1, -0.05) is 34.1 Å². The van der Waals surface area contributed by atoms with Gasteiger partial charge in [0.2, 0.25) is 0 Å². The van der Waals surface area contributed by atoms with Gasteiger partial charge in [0.05, 0.1) is 18.0 Å². The molecule has 104 valence electrons. The summed E-state index contributed by atoms with van der Waals surface area (Å²) in [5.74, 6) is 1.68. The first-order valence-corrected chi connectivity index (χ1v) is 8.52. The van der Waals surface area contributed by atoms with Crippen molar-refractivity contribution in [2.75, 3.05) is 13.2 Å². The molecular formula is C16H14BrIO2. The van der Waals surface area contributed by atoms with Gasteiger partial charge in [0.1, 0.15) is 0 Å². The fourth-order valence-corrected chi connectivity index (χ4v) is 3.11. The minimum Gasteiger partial charge on any atom is -0.490 e. The molecule has 2 nitrogen and oxygen atoms in total. The summed E-state index contributed by atoms with van der Waals surface area (Å²) >= 11 is 6.08. The summed E-state index contributed by atoms with van der Waals surface area (Å²) in [6.45, 7) is 1.44. The molecule has 0 fully saturated rings. The van der Waals surface area contributed by atoms with Crippen LogP contribution in [-0.2, 0) is 0 Å². The Labute approximate surface area is 140 Å². The molecule has 3 rings (SSSR count). The van der Waals surface area contributed by atoms with Gasteiger partial charge in [-0.25, -0.2) is 0 Å². The average Bonchev–Trinajstić information content (AvgIpc) is 2.71. The molecule has 0 aromatic heterocycles. The Morgan fingerprint density at radius 1 is 0.900 bits per heavy atom. The van der Waals surface area contributed by atoms with E-state index >= 15 is 0 Å². The van der Waals surface area contributed by atoms with Crippen LogP contribution in [0.2, 0.25) is 0 Å². The van der Waals surface area contributed by atoms with Crippen LogP contribution in [-0.4, -0.2) is 13.2 Å². The molecule has 0 radical (unpaired) electrons. The first-order valence-electron chi connectivity index (χ1n) is 6.53. The third kappa shape index (κ3) is 3.11. The maximum atomic E-state index is 5.75. The lowest BCUT2D eigenvalue weighted by Crippen LogP contribution is -1.97. The summed E-state index contributed by atoms with van der Waals surface area (Å²) in [6, 6.07) is 14.7. The fraction of sp³-hybridized carbons (Fsp3) is 0.250. The van der Waals surface area contributed by atoms with Crippen molar-refractivity contribution >= 4 is 38.5 Å². The Balaban J connectivity index is 1.90. The van der Waals surface area contributed by atoms with Crippen LogP contribution in [0.15, 0.2) is 42.5 Å². The third-order valence-electron chi connectivity index (χ3n) is 3.23. The van der Waals surface area contributed by atoms with E-state index in [1.807, 2.05) is 6.07 Å². The number of alkyl halides is 1. The van der Waals surface area contributed by atoms with E-state index in [0.717, 1.165) is 24.5 Å². The van der Waals surface area contributed by atoms with E-state index in [1.54, 1.807) is 0 Å². The van der Waals surface area contributed by atoms with E-state index in [4.69, 9.17) is 9.47 Å². The van der Waals surface area contributed by atoms with Crippen molar-refractivity contribution in [2.45, 2.75) is 11.2 Å². The third-order valence-corrected chi connectivity index (χ3v) is 5.00. The molecule has 4 heteroatoms. The zero-order chi connectivity index (χ0) is 13.9. The lowest BCUT2D eigenvalue weighted by Gasteiger charge is -2.14. The molecule has 0 N–H and O–H groups in total. The molecule has 0 bridgehead atoms. The smallest absolute Gasteiger partial charge is 0.161 e. The quantitative estimate of drug-likeness (QED) is 0.482. The number of halogens is 2. The molecule has 0 saturated carbocycles. The van der Waals surface area contributed by atoms with Crippen molar-refractivity contribution in [1.82, 2.24) is 0 Å². The maximum absolute atomic E-state index is 5.75. The van der Waals surface area contributed by atoms with E-state index in [0.29, 0.717) is 6.61 Å². The molecule has 1 aliphatic heterocycles. The summed E-state index contributed by atoms with van der Waals surface area (Å²) in [4.78, 5) is 0.164. The Kier molecular flexibility index (Phi) is 4.51. The second-order valence-corrected chi connectivity index (χ2v) is 6.83. The van der Waals surface area contributed by atoms with Crippen molar-refractivity contribution in [3.05, 3.63) is 57.2 Å². The SMILES string of the molecule is BrC(c1ccc(I)cc1)c1ccc2c(c1)OCCCO2. The van der Waals surface area contributed by atoms with Gasteiger partial charge in [-0.15, -0.1) is 0 Å². The monoisotopic (exact) mass is 444 g/mol. The normalized spacial score (nSPS) is 15.5. The summed E-state index contributed by atoms with van der Waals surface area (Å²) < 4.78 is 12.7. The second kappa shape index (κ2) is 6.35.